The van der Waals surface area contributed by atoms with Gasteiger partial charge in [0, 0.05) is 37.0 Å². The van der Waals surface area contributed by atoms with Gasteiger partial charge in [-0.3, -0.25) is 4.79 Å². The Labute approximate surface area is 186 Å². The van der Waals surface area contributed by atoms with Gasteiger partial charge in [0.25, 0.3) is 5.91 Å². The Kier molecular flexibility index (Phi) is 6.57. The van der Waals surface area contributed by atoms with Crippen LogP contribution < -0.4 is 14.2 Å². The van der Waals surface area contributed by atoms with Crippen molar-refractivity contribution in [3.05, 3.63) is 77.6 Å². The largest absolute Gasteiger partial charge is 0.497 e. The molecule has 0 saturated carbocycles. The monoisotopic (exact) mass is 438 g/mol. The molecule has 4 rings (SSSR count). The Morgan fingerprint density at radius 2 is 1.68 bits per heavy atom. The number of piperidine rings is 1. The second kappa shape index (κ2) is 9.71. The summed E-state index contributed by atoms with van der Waals surface area (Å²) in [5, 5.41) is 0.681. The van der Waals surface area contributed by atoms with Crippen LogP contribution in [-0.4, -0.2) is 42.1 Å². The van der Waals surface area contributed by atoms with Gasteiger partial charge in [-0.15, -0.1) is 0 Å². The van der Waals surface area contributed by atoms with Crippen molar-refractivity contribution in [3.63, 3.8) is 0 Å². The number of benzene rings is 2. The van der Waals surface area contributed by atoms with E-state index in [1.807, 2.05) is 47.4 Å². The van der Waals surface area contributed by atoms with Crippen molar-refractivity contribution < 1.29 is 19.0 Å². The maximum absolute atomic E-state index is 12.8. The minimum atomic E-state index is -0.0853. The molecule has 2 heterocycles. The predicted octanol–water partition coefficient (Wildman–Crippen LogP) is 5.22. The minimum Gasteiger partial charge on any atom is -0.497 e. The zero-order valence-corrected chi connectivity index (χ0v) is 17.9. The number of methoxy groups -OCH3 is 1. The Balaban J connectivity index is 1.31. The standard InChI is InChI=1S/C24H23ClN2O4/c1-29-20-3-2-4-21(15-20)31-22-9-10-23(26-16-22)24(28)27-13-11-19(12-14-27)30-18-7-5-17(25)6-8-18/h2-10,15-16,19H,11-14H2,1H3. The molecule has 1 amide bonds. The molecule has 1 fully saturated rings. The van der Waals surface area contributed by atoms with Crippen LogP contribution in [-0.2, 0) is 0 Å². The van der Waals surface area contributed by atoms with Gasteiger partial charge in [-0.1, -0.05) is 17.7 Å². The Hall–Kier alpha value is -3.25. The van der Waals surface area contributed by atoms with Gasteiger partial charge in [0.15, 0.2) is 0 Å². The highest BCUT2D eigenvalue weighted by molar-refractivity contribution is 6.30. The fourth-order valence-electron chi connectivity index (χ4n) is 3.41. The van der Waals surface area contributed by atoms with E-state index in [2.05, 4.69) is 4.98 Å². The van der Waals surface area contributed by atoms with Gasteiger partial charge in [0.2, 0.25) is 0 Å². The smallest absolute Gasteiger partial charge is 0.272 e. The molecule has 0 spiro atoms. The van der Waals surface area contributed by atoms with Crippen molar-refractivity contribution >= 4 is 17.5 Å². The van der Waals surface area contributed by atoms with Gasteiger partial charge in [-0.25, -0.2) is 4.98 Å². The highest BCUT2D eigenvalue weighted by atomic mass is 35.5. The maximum Gasteiger partial charge on any atom is 0.272 e. The number of carbonyl (C=O) groups is 1. The Bertz CT molecular complexity index is 1020. The van der Waals surface area contributed by atoms with Gasteiger partial charge in [-0.05, 0) is 48.5 Å². The second-order valence-electron chi connectivity index (χ2n) is 7.22. The quantitative estimate of drug-likeness (QED) is 0.528. The van der Waals surface area contributed by atoms with Crippen molar-refractivity contribution in [2.24, 2.45) is 0 Å². The number of halogens is 1. The first-order chi connectivity index (χ1) is 15.1. The summed E-state index contributed by atoms with van der Waals surface area (Å²) in [6.07, 6.45) is 3.18. The predicted molar refractivity (Wildman–Crippen MR) is 118 cm³/mol. The third-order valence-corrected chi connectivity index (χ3v) is 5.33. The van der Waals surface area contributed by atoms with E-state index < -0.39 is 0 Å². The number of carbonyl (C=O) groups excluding carboxylic acids is 1. The number of hydrogen-bond donors (Lipinski definition) is 0. The van der Waals surface area contributed by atoms with E-state index in [0.29, 0.717) is 41.1 Å². The van der Waals surface area contributed by atoms with E-state index in [9.17, 15) is 4.79 Å². The molecule has 0 unspecified atom stereocenters. The summed E-state index contributed by atoms with van der Waals surface area (Å²) in [5.41, 5.74) is 0.398. The van der Waals surface area contributed by atoms with Crippen LogP contribution in [0.3, 0.4) is 0 Å². The van der Waals surface area contributed by atoms with Crippen LogP contribution in [0.1, 0.15) is 23.3 Å². The highest BCUT2D eigenvalue weighted by Gasteiger charge is 2.25. The lowest BCUT2D eigenvalue weighted by Crippen LogP contribution is -2.42. The normalized spacial score (nSPS) is 14.2. The average Bonchev–Trinajstić information content (AvgIpc) is 2.81. The molecule has 0 N–H and O–H groups in total. The maximum atomic E-state index is 12.8. The Morgan fingerprint density at radius 1 is 0.968 bits per heavy atom. The van der Waals surface area contributed by atoms with Crippen molar-refractivity contribution in [1.82, 2.24) is 9.88 Å². The molecule has 31 heavy (non-hydrogen) atoms. The lowest BCUT2D eigenvalue weighted by molar-refractivity contribution is 0.0590. The molecule has 1 aromatic heterocycles. The first-order valence-corrected chi connectivity index (χ1v) is 10.5. The molecule has 0 radical (unpaired) electrons. The van der Waals surface area contributed by atoms with E-state index in [4.69, 9.17) is 25.8 Å². The first kappa shape index (κ1) is 21.0. The molecule has 0 bridgehead atoms. The number of nitrogens with zero attached hydrogens (tertiary/aromatic N) is 2. The van der Waals surface area contributed by atoms with E-state index in [1.54, 1.807) is 31.5 Å². The molecule has 3 aromatic rings. The van der Waals surface area contributed by atoms with Crippen LogP contribution in [0, 0.1) is 0 Å². The fourth-order valence-corrected chi connectivity index (χ4v) is 3.54. The lowest BCUT2D eigenvalue weighted by Gasteiger charge is -2.32. The summed E-state index contributed by atoms with van der Waals surface area (Å²) in [4.78, 5) is 18.9. The second-order valence-corrected chi connectivity index (χ2v) is 7.66. The molecule has 6 nitrogen and oxygen atoms in total. The zero-order chi connectivity index (χ0) is 21.6. The number of ether oxygens (including phenoxy) is 3. The first-order valence-electron chi connectivity index (χ1n) is 10.1. The zero-order valence-electron chi connectivity index (χ0n) is 17.2. The topological polar surface area (TPSA) is 60.9 Å². The molecule has 160 valence electrons. The van der Waals surface area contributed by atoms with E-state index in [0.717, 1.165) is 18.6 Å². The van der Waals surface area contributed by atoms with Crippen molar-refractivity contribution in [3.8, 4) is 23.0 Å². The number of hydrogen-bond acceptors (Lipinski definition) is 5. The number of pyridine rings is 1. The SMILES string of the molecule is COc1cccc(Oc2ccc(C(=O)N3CCC(Oc4ccc(Cl)cc4)CC3)nc2)c1. The molecule has 1 aliphatic heterocycles. The minimum absolute atomic E-state index is 0.0804. The fraction of sp³-hybridized carbons (Fsp3) is 0.250. The summed E-state index contributed by atoms with van der Waals surface area (Å²) in [5.74, 6) is 2.61. The van der Waals surface area contributed by atoms with Crippen LogP contribution in [0.15, 0.2) is 66.9 Å². The van der Waals surface area contributed by atoms with Crippen molar-refractivity contribution in [2.75, 3.05) is 20.2 Å². The van der Waals surface area contributed by atoms with Crippen LogP contribution in [0.5, 0.6) is 23.0 Å². The number of aromatic nitrogens is 1. The van der Waals surface area contributed by atoms with Crippen LogP contribution in [0.4, 0.5) is 0 Å². The lowest BCUT2D eigenvalue weighted by atomic mass is 10.1. The van der Waals surface area contributed by atoms with Gasteiger partial charge < -0.3 is 19.1 Å². The molecular formula is C24H23ClN2O4. The molecule has 0 atom stereocenters. The van der Waals surface area contributed by atoms with E-state index in [-0.39, 0.29) is 12.0 Å². The number of amides is 1. The molecule has 2 aromatic carbocycles. The van der Waals surface area contributed by atoms with Crippen molar-refractivity contribution in [2.45, 2.75) is 18.9 Å². The highest BCUT2D eigenvalue weighted by Crippen LogP contribution is 2.25. The van der Waals surface area contributed by atoms with Crippen molar-refractivity contribution in [1.29, 1.82) is 0 Å². The van der Waals surface area contributed by atoms with E-state index in [1.165, 1.54) is 0 Å². The summed E-state index contributed by atoms with van der Waals surface area (Å²) in [7, 11) is 1.60. The molecule has 7 heteroatoms. The molecule has 1 saturated heterocycles. The van der Waals surface area contributed by atoms with Crippen LogP contribution >= 0.6 is 11.6 Å². The van der Waals surface area contributed by atoms with Crippen LogP contribution in [0.2, 0.25) is 5.02 Å². The summed E-state index contributed by atoms with van der Waals surface area (Å²) in [6, 6.07) is 18.1. The number of likely N-dealkylation sites (tertiary alicyclic amines) is 1. The summed E-state index contributed by atoms with van der Waals surface area (Å²) >= 11 is 5.91. The molecular weight excluding hydrogens is 416 g/mol. The number of rotatable bonds is 6. The third-order valence-electron chi connectivity index (χ3n) is 5.08. The summed E-state index contributed by atoms with van der Waals surface area (Å²) in [6.45, 7) is 1.25. The average molecular weight is 439 g/mol. The summed E-state index contributed by atoms with van der Waals surface area (Å²) < 4.78 is 17.0. The van der Waals surface area contributed by atoms with Gasteiger partial charge >= 0.3 is 0 Å². The Morgan fingerprint density at radius 3 is 2.35 bits per heavy atom. The molecule has 0 aliphatic carbocycles. The van der Waals surface area contributed by atoms with E-state index >= 15 is 0 Å². The van der Waals surface area contributed by atoms with Gasteiger partial charge in [-0.2, -0.15) is 0 Å². The third kappa shape index (κ3) is 5.47. The van der Waals surface area contributed by atoms with Gasteiger partial charge in [0.1, 0.15) is 34.8 Å². The molecule has 1 aliphatic rings. The van der Waals surface area contributed by atoms with Crippen LogP contribution in [0.25, 0.3) is 0 Å². The van der Waals surface area contributed by atoms with Gasteiger partial charge in [0.05, 0.1) is 13.3 Å².